The van der Waals surface area contributed by atoms with E-state index in [-0.39, 0.29) is 0 Å². The normalized spacial score (nSPS) is 13.7. The highest BCUT2D eigenvalue weighted by atomic mass is 19.4. The lowest BCUT2D eigenvalue weighted by Gasteiger charge is -2.08. The summed E-state index contributed by atoms with van der Waals surface area (Å²) in [6.07, 6.45) is -16.0. The van der Waals surface area contributed by atoms with Gasteiger partial charge in [0, 0.05) is 36.4 Å². The molecule has 0 saturated heterocycles. The second-order valence-corrected chi connectivity index (χ2v) is 11.4. The number of allylic oxidation sites excluding steroid dienone is 3. The molecule has 7 rings (SSSR count). The van der Waals surface area contributed by atoms with Gasteiger partial charge in [0.1, 0.15) is 34.9 Å². The average molecular weight is 846 g/mol. The molecule has 4 heterocycles. The lowest BCUT2D eigenvalue weighted by atomic mass is 10.2. The van der Waals surface area contributed by atoms with Gasteiger partial charge in [-0.15, -0.1) is 39.5 Å². The van der Waals surface area contributed by atoms with Gasteiger partial charge in [-0.1, -0.05) is 0 Å². The van der Waals surface area contributed by atoms with Gasteiger partial charge in [-0.2, -0.15) is 15.8 Å². The Bertz CT molecular complexity index is 2880. The highest BCUT2D eigenvalue weighted by Gasteiger charge is 2.35. The molecule has 3 aromatic carbocycles. The van der Waals surface area contributed by atoms with E-state index in [1.807, 2.05) is 0 Å². The summed E-state index contributed by atoms with van der Waals surface area (Å²) in [5.41, 5.74) is -2.38. The number of hydrogen-bond acceptors (Lipinski definition) is 15. The van der Waals surface area contributed by atoms with Gasteiger partial charge in [0.25, 0.3) is 0 Å². The van der Waals surface area contributed by atoms with E-state index >= 15 is 0 Å². The maximum absolute atomic E-state index is 14.5. The van der Waals surface area contributed by atoms with Crippen molar-refractivity contribution >= 4 is 16.7 Å². The number of fused-ring (bicyclic) bond motifs is 3. The number of rotatable bonds is 6. The number of hydrogen-bond donors (Lipinski definition) is 0. The van der Waals surface area contributed by atoms with E-state index in [9.17, 15) is 68.5 Å². The van der Waals surface area contributed by atoms with Crippen molar-refractivity contribution in [3.63, 3.8) is 0 Å². The molecule has 0 radical (unpaired) electrons. The molecule has 0 fully saturated rings. The van der Waals surface area contributed by atoms with Gasteiger partial charge in [0.15, 0.2) is 69.6 Å². The van der Waals surface area contributed by atoms with E-state index in [1.165, 1.54) is 0 Å². The molecule has 1 aromatic heterocycles. The number of nitrogens with zero attached hydrogens (tertiary/aromatic N) is 12. The monoisotopic (exact) mass is 846 g/mol. The zero-order valence-electron chi connectivity index (χ0n) is 28.1. The predicted molar refractivity (Wildman–Crippen MR) is 164 cm³/mol. The first-order valence-corrected chi connectivity index (χ1v) is 15.4. The Balaban J connectivity index is 1.45. The summed E-state index contributed by atoms with van der Waals surface area (Å²) in [6, 6.07) is 7.74. The molecule has 60 heavy (non-hydrogen) atoms. The molecule has 0 spiro atoms. The summed E-state index contributed by atoms with van der Waals surface area (Å²) in [5.74, 6) is -13.2. The van der Waals surface area contributed by atoms with Crippen LogP contribution in [0.5, 0.6) is 17.2 Å². The topological polar surface area (TPSA) is 212 Å². The first-order valence-electron chi connectivity index (χ1n) is 15.4. The summed E-state index contributed by atoms with van der Waals surface area (Å²) in [7, 11) is 0. The van der Waals surface area contributed by atoms with Gasteiger partial charge >= 0.3 is 19.1 Å². The lowest BCUT2D eigenvalue weighted by molar-refractivity contribution is -0.276. The van der Waals surface area contributed by atoms with E-state index in [0.717, 1.165) is 0 Å². The molecule has 4 aromatic rings. The summed E-state index contributed by atoms with van der Waals surface area (Å²) in [5, 5.41) is 28.0. The van der Waals surface area contributed by atoms with Crippen LogP contribution in [0.3, 0.4) is 0 Å². The smallest absolute Gasteiger partial charge is 0.403 e. The van der Waals surface area contributed by atoms with Gasteiger partial charge in [0.05, 0.1) is 32.1 Å². The number of nitriles is 3. The van der Waals surface area contributed by atoms with E-state index in [4.69, 9.17) is 0 Å². The second kappa shape index (κ2) is 14.3. The molecular weight excluding hydrogens is 840 g/mol. The highest BCUT2D eigenvalue weighted by molar-refractivity contribution is 5.82. The molecule has 0 saturated carbocycles. The Hall–Kier alpha value is -8.28. The van der Waals surface area contributed by atoms with Crippen LogP contribution in [0.25, 0.3) is 16.7 Å². The molecule has 15 nitrogen and oxygen atoms in total. The summed E-state index contributed by atoms with van der Waals surface area (Å²) >= 11 is 0. The van der Waals surface area contributed by atoms with Gasteiger partial charge in [0.2, 0.25) is 0 Å². The van der Waals surface area contributed by atoms with Gasteiger partial charge < -0.3 is 14.2 Å². The molecule has 0 N–H and O–H groups in total. The maximum Gasteiger partial charge on any atom is 0.573 e. The third-order valence-corrected chi connectivity index (χ3v) is 7.43. The first kappa shape index (κ1) is 39.9. The quantitative estimate of drug-likeness (QED) is 0.205. The molecule has 0 bridgehead atoms. The Labute approximate surface area is 319 Å². The SMILES string of the molecule is N#CC(=C1N=c2cc(F)c(OC(F)(F)F)cc2=N1)c1nc(C(C#N)=C2N=c3cc(F)c(OC(F)(F)F)cc3=N2)nc(C(C#N)=C2N=c3cc(F)c(OC(F)(F)F)cc3=N2)n1. The van der Waals surface area contributed by atoms with Crippen LogP contribution >= 0.6 is 0 Å². The van der Waals surface area contributed by atoms with Gasteiger partial charge in [-0.25, -0.2) is 58.1 Å². The van der Waals surface area contributed by atoms with Crippen molar-refractivity contribution in [3.05, 3.63) is 121 Å². The molecule has 27 heteroatoms. The van der Waals surface area contributed by atoms with Crippen molar-refractivity contribution in [2.75, 3.05) is 0 Å². The predicted octanol–water partition coefficient (Wildman–Crippen LogP) is 3.42. The second-order valence-electron chi connectivity index (χ2n) is 11.4. The fourth-order valence-electron chi connectivity index (χ4n) is 5.15. The van der Waals surface area contributed by atoms with E-state index < -0.39 is 138 Å². The Morgan fingerprint density at radius 1 is 0.400 bits per heavy atom. The Morgan fingerprint density at radius 2 is 0.617 bits per heavy atom. The molecule has 3 aliphatic heterocycles. The number of benzene rings is 3. The molecular formula is C33H6F12N12O3. The number of halogens is 12. The van der Waals surface area contributed by atoms with Crippen LogP contribution in [0.15, 0.2) is 83.8 Å². The zero-order valence-corrected chi connectivity index (χ0v) is 28.1. The maximum atomic E-state index is 14.5. The van der Waals surface area contributed by atoms with Crippen LogP contribution < -0.4 is 46.4 Å². The van der Waals surface area contributed by atoms with E-state index in [0.29, 0.717) is 36.4 Å². The zero-order chi connectivity index (χ0) is 43.5. The third-order valence-electron chi connectivity index (χ3n) is 7.43. The summed E-state index contributed by atoms with van der Waals surface area (Å²) < 4.78 is 170. The molecule has 0 amide bonds. The number of ether oxygens (including phenoxy) is 3. The highest BCUT2D eigenvalue weighted by Crippen LogP contribution is 2.29. The van der Waals surface area contributed by atoms with Crippen molar-refractivity contribution in [2.45, 2.75) is 19.1 Å². The van der Waals surface area contributed by atoms with Crippen LogP contribution in [0.4, 0.5) is 52.7 Å². The Kier molecular flexibility index (Phi) is 9.50. The van der Waals surface area contributed by atoms with E-state index in [1.54, 1.807) is 18.2 Å². The van der Waals surface area contributed by atoms with Crippen molar-refractivity contribution in [1.82, 2.24) is 15.0 Å². The molecule has 3 aliphatic rings. The standard InChI is InChI=1S/C33H6F12N12O3/c34-13-1-16-19(4-22(13)58-31(37,38)39)52-25(49-16)10(7-46)28-55-29(11(8-47)26-50-17-2-14(35)23(5-20(17)53-26)59-32(40,41)42)57-30(56-28)12(9-48)27-51-18-3-15(36)24(6-21(18)54-27)60-33(43,44)45/h1-6H. The number of alkyl halides is 9. The molecule has 300 valence electrons. The van der Waals surface area contributed by atoms with Crippen molar-refractivity contribution in [3.8, 4) is 35.5 Å². The van der Waals surface area contributed by atoms with Crippen LogP contribution in [0, 0.1) is 51.4 Å². The minimum Gasteiger partial charge on any atom is -0.403 e. The molecule has 0 aliphatic carbocycles. The fourth-order valence-corrected chi connectivity index (χ4v) is 5.15. The Morgan fingerprint density at radius 3 is 0.817 bits per heavy atom. The van der Waals surface area contributed by atoms with Crippen LogP contribution in [0.2, 0.25) is 0 Å². The molecule has 0 atom stereocenters. The van der Waals surface area contributed by atoms with Crippen LogP contribution in [-0.4, -0.2) is 34.0 Å². The van der Waals surface area contributed by atoms with Crippen molar-refractivity contribution in [1.29, 1.82) is 15.8 Å². The van der Waals surface area contributed by atoms with Crippen molar-refractivity contribution < 1.29 is 66.9 Å². The van der Waals surface area contributed by atoms with E-state index in [2.05, 4.69) is 59.1 Å². The minimum absolute atomic E-state index is 0.427. The van der Waals surface area contributed by atoms with Crippen molar-refractivity contribution in [2.24, 2.45) is 30.0 Å². The van der Waals surface area contributed by atoms with Crippen LogP contribution in [0.1, 0.15) is 17.5 Å². The first-order chi connectivity index (χ1) is 28.1. The largest absolute Gasteiger partial charge is 0.573 e. The average Bonchev–Trinajstić information content (AvgIpc) is 3.84. The van der Waals surface area contributed by atoms with Gasteiger partial charge in [-0.3, -0.25) is 0 Å². The lowest BCUT2D eigenvalue weighted by Crippen LogP contribution is -2.25. The fraction of sp³-hybridized carbons (Fsp3) is 0.0909. The summed E-state index contributed by atoms with van der Waals surface area (Å²) in [6.45, 7) is 0. The number of aromatic nitrogens is 3. The minimum atomic E-state index is -5.34. The summed E-state index contributed by atoms with van der Waals surface area (Å²) in [4.78, 5) is 35.5. The van der Waals surface area contributed by atoms with Gasteiger partial charge in [-0.05, 0) is 0 Å². The molecule has 0 unspecified atom stereocenters. The van der Waals surface area contributed by atoms with Crippen LogP contribution in [-0.2, 0) is 0 Å². The third kappa shape index (κ3) is 8.10.